The first kappa shape index (κ1) is 11.8. The fourth-order valence-corrected chi connectivity index (χ4v) is 1.38. The van der Waals surface area contributed by atoms with E-state index in [2.05, 4.69) is 6.92 Å². The summed E-state index contributed by atoms with van der Waals surface area (Å²) in [6, 6.07) is 4.58. The van der Waals surface area contributed by atoms with E-state index in [9.17, 15) is 4.39 Å². The number of rotatable bonds is 6. The summed E-state index contributed by atoms with van der Waals surface area (Å²) in [4.78, 5) is 0. The summed E-state index contributed by atoms with van der Waals surface area (Å²) in [5.41, 5.74) is 5.96. The molecule has 1 aromatic carbocycles. The molecular weight excluding hydrogens is 193 g/mol. The molecule has 0 spiro atoms. The molecule has 1 rings (SSSR count). The van der Waals surface area contributed by atoms with Gasteiger partial charge in [0.2, 0.25) is 0 Å². The van der Waals surface area contributed by atoms with Crippen molar-refractivity contribution in [3.05, 3.63) is 24.0 Å². The van der Waals surface area contributed by atoms with Gasteiger partial charge in [0, 0.05) is 0 Å². The van der Waals surface area contributed by atoms with Crippen LogP contribution in [0.5, 0.6) is 5.75 Å². The molecule has 2 N–H and O–H groups in total. The highest BCUT2D eigenvalue weighted by Crippen LogP contribution is 2.24. The quantitative estimate of drug-likeness (QED) is 0.578. The maximum atomic E-state index is 13.2. The maximum absolute atomic E-state index is 13.2. The number of nitrogen functional groups attached to an aromatic ring is 1. The lowest BCUT2D eigenvalue weighted by Gasteiger charge is -2.09. The maximum Gasteiger partial charge on any atom is 0.177 e. The van der Waals surface area contributed by atoms with Gasteiger partial charge in [-0.15, -0.1) is 0 Å². The van der Waals surface area contributed by atoms with Gasteiger partial charge in [0.25, 0.3) is 0 Å². The van der Waals surface area contributed by atoms with Crippen LogP contribution in [0.15, 0.2) is 18.2 Å². The summed E-state index contributed by atoms with van der Waals surface area (Å²) in [6.07, 6.45) is 4.43. The number of hydrogen-bond donors (Lipinski definition) is 1. The average Bonchev–Trinajstić information content (AvgIpc) is 2.21. The molecule has 0 heterocycles. The predicted octanol–water partition coefficient (Wildman–Crippen LogP) is 3.37. The van der Waals surface area contributed by atoms with Crippen LogP contribution in [0.25, 0.3) is 0 Å². The minimum absolute atomic E-state index is 0.189. The number of halogens is 1. The Labute approximate surface area is 90.2 Å². The molecule has 0 bridgehead atoms. The molecule has 84 valence electrons. The molecule has 0 unspecified atom stereocenters. The highest BCUT2D eigenvalue weighted by molar-refractivity contribution is 5.52. The van der Waals surface area contributed by atoms with Crippen molar-refractivity contribution in [2.75, 3.05) is 12.3 Å². The van der Waals surface area contributed by atoms with E-state index in [4.69, 9.17) is 10.5 Å². The molecule has 1 aromatic rings. The van der Waals surface area contributed by atoms with Gasteiger partial charge in [-0.3, -0.25) is 0 Å². The van der Waals surface area contributed by atoms with Crippen molar-refractivity contribution in [3.8, 4) is 5.75 Å². The number of anilines is 1. The van der Waals surface area contributed by atoms with Gasteiger partial charge >= 0.3 is 0 Å². The number of unbranched alkanes of at least 4 members (excludes halogenated alkanes) is 3. The molecule has 0 fully saturated rings. The highest BCUT2D eigenvalue weighted by atomic mass is 19.1. The lowest BCUT2D eigenvalue weighted by molar-refractivity contribution is 0.292. The third-order valence-corrected chi connectivity index (χ3v) is 2.24. The molecular formula is C12H18FNO. The fraction of sp³-hybridized carbons (Fsp3) is 0.500. The van der Waals surface area contributed by atoms with Crippen molar-refractivity contribution >= 4 is 5.69 Å². The second-order valence-corrected chi connectivity index (χ2v) is 3.57. The molecule has 0 saturated heterocycles. The molecule has 3 heteroatoms. The van der Waals surface area contributed by atoms with Gasteiger partial charge < -0.3 is 10.5 Å². The van der Waals surface area contributed by atoms with Crippen LogP contribution >= 0.6 is 0 Å². The van der Waals surface area contributed by atoms with Crippen LogP contribution in [-0.2, 0) is 0 Å². The molecule has 15 heavy (non-hydrogen) atoms. The summed E-state index contributed by atoms with van der Waals surface area (Å²) < 4.78 is 18.5. The zero-order valence-electron chi connectivity index (χ0n) is 9.13. The van der Waals surface area contributed by atoms with Crippen LogP contribution in [0.4, 0.5) is 10.1 Å². The SMILES string of the molecule is CCCCCCOc1c(N)cccc1F. The number of para-hydroxylation sites is 1. The number of ether oxygens (including phenoxy) is 1. The zero-order chi connectivity index (χ0) is 11.1. The van der Waals surface area contributed by atoms with Crippen LogP contribution in [0.1, 0.15) is 32.6 Å². The van der Waals surface area contributed by atoms with E-state index >= 15 is 0 Å². The lowest BCUT2D eigenvalue weighted by atomic mass is 10.2. The van der Waals surface area contributed by atoms with Crippen molar-refractivity contribution in [2.24, 2.45) is 0 Å². The minimum atomic E-state index is -0.384. The first-order valence-corrected chi connectivity index (χ1v) is 5.42. The first-order chi connectivity index (χ1) is 7.25. The topological polar surface area (TPSA) is 35.2 Å². The Morgan fingerprint density at radius 3 is 2.73 bits per heavy atom. The third kappa shape index (κ3) is 3.78. The molecule has 0 aliphatic rings. The van der Waals surface area contributed by atoms with Crippen LogP contribution < -0.4 is 10.5 Å². The van der Waals surface area contributed by atoms with Gasteiger partial charge in [0.1, 0.15) is 0 Å². The zero-order valence-corrected chi connectivity index (χ0v) is 9.13. The summed E-state index contributed by atoms with van der Waals surface area (Å²) in [5, 5.41) is 0. The van der Waals surface area contributed by atoms with Crippen molar-refractivity contribution in [1.82, 2.24) is 0 Å². The molecule has 0 saturated carbocycles. The number of benzene rings is 1. The molecule has 0 aliphatic heterocycles. The number of nitrogens with two attached hydrogens (primary N) is 1. The normalized spacial score (nSPS) is 10.3. The third-order valence-electron chi connectivity index (χ3n) is 2.24. The Hall–Kier alpha value is -1.25. The van der Waals surface area contributed by atoms with E-state index in [1.807, 2.05) is 0 Å². The van der Waals surface area contributed by atoms with Gasteiger partial charge in [-0.1, -0.05) is 32.3 Å². The molecule has 2 nitrogen and oxygen atoms in total. The van der Waals surface area contributed by atoms with E-state index in [0.717, 1.165) is 12.8 Å². The Morgan fingerprint density at radius 2 is 2.07 bits per heavy atom. The second-order valence-electron chi connectivity index (χ2n) is 3.57. The van der Waals surface area contributed by atoms with Gasteiger partial charge in [-0.25, -0.2) is 4.39 Å². The molecule has 0 amide bonds. The van der Waals surface area contributed by atoms with Crippen LogP contribution in [-0.4, -0.2) is 6.61 Å². The van der Waals surface area contributed by atoms with Crippen LogP contribution in [0.2, 0.25) is 0 Å². The van der Waals surface area contributed by atoms with Gasteiger partial charge in [-0.05, 0) is 18.6 Å². The Kier molecular flexibility index (Phi) is 4.95. The first-order valence-electron chi connectivity index (χ1n) is 5.42. The standard InChI is InChI=1S/C12H18FNO/c1-2-3-4-5-9-15-12-10(13)7-6-8-11(12)14/h6-8H,2-5,9,14H2,1H3. The van der Waals surface area contributed by atoms with Crippen LogP contribution in [0, 0.1) is 5.82 Å². The van der Waals surface area contributed by atoms with Crippen LogP contribution in [0.3, 0.4) is 0 Å². The summed E-state index contributed by atoms with van der Waals surface area (Å²) in [6.45, 7) is 2.68. The Morgan fingerprint density at radius 1 is 1.27 bits per heavy atom. The van der Waals surface area contributed by atoms with E-state index < -0.39 is 0 Å². The summed E-state index contributed by atoms with van der Waals surface area (Å²) in [7, 11) is 0. The number of hydrogen-bond acceptors (Lipinski definition) is 2. The van der Waals surface area contributed by atoms with Crippen molar-refractivity contribution in [2.45, 2.75) is 32.6 Å². The Bertz CT molecular complexity index is 281. The summed E-state index contributed by atoms with van der Waals surface area (Å²) in [5.74, 6) is -0.195. The Balaban J connectivity index is 2.37. The van der Waals surface area contributed by atoms with Gasteiger partial charge in [0.15, 0.2) is 11.6 Å². The molecule has 0 radical (unpaired) electrons. The lowest BCUT2D eigenvalue weighted by Crippen LogP contribution is -2.02. The van der Waals surface area contributed by atoms with E-state index in [0.29, 0.717) is 12.3 Å². The van der Waals surface area contributed by atoms with Gasteiger partial charge in [-0.2, -0.15) is 0 Å². The largest absolute Gasteiger partial charge is 0.488 e. The van der Waals surface area contributed by atoms with Crippen molar-refractivity contribution in [3.63, 3.8) is 0 Å². The fourth-order valence-electron chi connectivity index (χ4n) is 1.38. The van der Waals surface area contributed by atoms with E-state index in [1.54, 1.807) is 12.1 Å². The van der Waals surface area contributed by atoms with Crippen molar-refractivity contribution < 1.29 is 9.13 Å². The van der Waals surface area contributed by atoms with E-state index in [-0.39, 0.29) is 11.6 Å². The predicted molar refractivity (Wildman–Crippen MR) is 60.4 cm³/mol. The van der Waals surface area contributed by atoms with Gasteiger partial charge in [0.05, 0.1) is 12.3 Å². The minimum Gasteiger partial charge on any atom is -0.488 e. The van der Waals surface area contributed by atoms with E-state index in [1.165, 1.54) is 18.9 Å². The monoisotopic (exact) mass is 211 g/mol. The molecule has 0 atom stereocenters. The molecule has 0 aromatic heterocycles. The average molecular weight is 211 g/mol. The highest BCUT2D eigenvalue weighted by Gasteiger charge is 2.06. The molecule has 0 aliphatic carbocycles. The summed E-state index contributed by atoms with van der Waals surface area (Å²) >= 11 is 0. The second kappa shape index (κ2) is 6.27. The van der Waals surface area contributed by atoms with Crippen molar-refractivity contribution in [1.29, 1.82) is 0 Å². The smallest absolute Gasteiger partial charge is 0.177 e.